The predicted octanol–water partition coefficient (Wildman–Crippen LogP) is 4.55. The lowest BCUT2D eigenvalue weighted by Crippen LogP contribution is -2.04. The fraction of sp³-hybridized carbons (Fsp3) is 0.176. The van der Waals surface area contributed by atoms with Gasteiger partial charge in [-0.05, 0) is 36.8 Å². The number of rotatable bonds is 4. The summed E-state index contributed by atoms with van der Waals surface area (Å²) in [6, 6.07) is 15.5. The normalized spacial score (nSPS) is 10.1. The average Bonchev–Trinajstić information content (AvgIpc) is 2.48. The Bertz CT molecular complexity index is 651. The Kier molecular flexibility index (Phi) is 5.98. The summed E-state index contributed by atoms with van der Waals surface area (Å²) < 4.78 is 5.73. The number of hydrogen-bond acceptors (Lipinski definition) is 4. The fourth-order valence-corrected chi connectivity index (χ4v) is 2.73. The van der Waals surface area contributed by atoms with Crippen molar-refractivity contribution in [1.29, 1.82) is 0 Å². The third kappa shape index (κ3) is 5.50. The molecule has 0 spiro atoms. The molecule has 0 fully saturated rings. The molecule has 0 aliphatic carbocycles. The number of carbonyl (C=O) groups is 1. The van der Waals surface area contributed by atoms with Crippen molar-refractivity contribution in [2.75, 3.05) is 5.32 Å². The zero-order chi connectivity index (χ0) is 15.9. The lowest BCUT2D eigenvalue weighted by atomic mass is 10.2. The first-order valence-electron chi connectivity index (χ1n) is 6.81. The van der Waals surface area contributed by atoms with Gasteiger partial charge in [0, 0.05) is 18.4 Å². The summed E-state index contributed by atoms with van der Waals surface area (Å²) in [6.45, 7) is 3.44. The van der Waals surface area contributed by atoms with E-state index in [2.05, 4.69) is 12.2 Å². The predicted molar refractivity (Wildman–Crippen MR) is 96.4 cm³/mol. The van der Waals surface area contributed by atoms with Crippen LogP contribution in [0.25, 0.3) is 0 Å². The molecule has 2 aromatic rings. The molecule has 0 amide bonds. The summed E-state index contributed by atoms with van der Waals surface area (Å²) in [5, 5.41) is 3.20. The first-order chi connectivity index (χ1) is 10.5. The summed E-state index contributed by atoms with van der Waals surface area (Å²) in [7, 11) is 0. The fourth-order valence-electron chi connectivity index (χ4n) is 1.76. The highest BCUT2D eigenvalue weighted by Gasteiger charge is 2.02. The second-order valence-electron chi connectivity index (χ2n) is 4.80. The molecule has 114 valence electrons. The number of carbonyl (C=O) groups excluding carboxylic acids is 1. The van der Waals surface area contributed by atoms with Gasteiger partial charge in [0.25, 0.3) is 0 Å². The molecule has 0 aliphatic heterocycles. The van der Waals surface area contributed by atoms with Crippen molar-refractivity contribution < 1.29 is 9.53 Å². The van der Waals surface area contributed by atoms with Gasteiger partial charge in [0.2, 0.25) is 0 Å². The highest BCUT2D eigenvalue weighted by atomic mass is 32.2. The van der Waals surface area contributed by atoms with Crippen LogP contribution in [-0.4, -0.2) is 10.3 Å². The minimum absolute atomic E-state index is 0.314. The van der Waals surface area contributed by atoms with Gasteiger partial charge in [-0.15, -0.1) is 0 Å². The third-order valence-corrected chi connectivity index (χ3v) is 4.15. The Labute approximate surface area is 140 Å². The van der Waals surface area contributed by atoms with Crippen LogP contribution in [0.2, 0.25) is 0 Å². The molecule has 1 N–H and O–H groups in total. The number of ether oxygens (including phenoxy) is 1. The van der Waals surface area contributed by atoms with Crippen LogP contribution in [0.4, 0.5) is 5.69 Å². The van der Waals surface area contributed by atoms with Crippen LogP contribution < -0.4 is 10.1 Å². The lowest BCUT2D eigenvalue weighted by molar-refractivity contribution is -0.131. The number of benzene rings is 2. The molecule has 0 unspecified atom stereocenters. The van der Waals surface area contributed by atoms with Gasteiger partial charge in [-0.1, -0.05) is 53.8 Å². The molecule has 0 atom stereocenters. The third-order valence-electron chi connectivity index (χ3n) is 2.85. The Hall–Kier alpha value is -1.85. The zero-order valence-corrected chi connectivity index (χ0v) is 14.1. The van der Waals surface area contributed by atoms with Crippen LogP contribution in [0, 0.1) is 6.92 Å². The van der Waals surface area contributed by atoms with E-state index in [0.29, 0.717) is 5.75 Å². The smallest absolute Gasteiger partial charge is 0.308 e. The summed E-state index contributed by atoms with van der Waals surface area (Å²) in [5.41, 5.74) is 3.33. The minimum atomic E-state index is -0.314. The largest absolute Gasteiger partial charge is 0.427 e. The number of thiocarbonyl (C=S) groups is 1. The second-order valence-corrected chi connectivity index (χ2v) is 6.46. The maximum Gasteiger partial charge on any atom is 0.308 e. The van der Waals surface area contributed by atoms with E-state index in [0.717, 1.165) is 21.3 Å². The maximum atomic E-state index is 10.9. The van der Waals surface area contributed by atoms with E-state index in [1.807, 2.05) is 36.4 Å². The van der Waals surface area contributed by atoms with Crippen molar-refractivity contribution in [3.8, 4) is 5.75 Å². The summed E-state index contributed by atoms with van der Waals surface area (Å²) in [4.78, 5) is 10.9. The Morgan fingerprint density at radius 3 is 2.36 bits per heavy atom. The molecule has 2 aromatic carbocycles. The van der Waals surface area contributed by atoms with Gasteiger partial charge in [-0.2, -0.15) is 0 Å². The van der Waals surface area contributed by atoms with E-state index in [9.17, 15) is 4.79 Å². The summed E-state index contributed by atoms with van der Waals surface area (Å²) in [5.74, 6) is 1.00. The Morgan fingerprint density at radius 1 is 1.14 bits per heavy atom. The topological polar surface area (TPSA) is 38.3 Å². The second kappa shape index (κ2) is 7.96. The first kappa shape index (κ1) is 16.5. The first-order valence-corrected chi connectivity index (χ1v) is 8.20. The zero-order valence-electron chi connectivity index (χ0n) is 12.5. The van der Waals surface area contributed by atoms with Gasteiger partial charge < -0.3 is 10.1 Å². The van der Waals surface area contributed by atoms with E-state index in [1.54, 1.807) is 23.9 Å². The van der Waals surface area contributed by atoms with Crippen LogP contribution in [0.15, 0.2) is 48.5 Å². The van der Waals surface area contributed by atoms with Gasteiger partial charge in [0.05, 0.1) is 0 Å². The molecule has 0 bridgehead atoms. The van der Waals surface area contributed by atoms with Crippen molar-refractivity contribution in [3.63, 3.8) is 0 Å². The van der Waals surface area contributed by atoms with E-state index >= 15 is 0 Å². The molecule has 2 rings (SSSR count). The SMILES string of the molecule is CC(=O)Oc1ccc(CSC(=S)Nc2ccc(C)cc2)cc1. The Balaban J connectivity index is 1.83. The molecule has 0 aromatic heterocycles. The van der Waals surface area contributed by atoms with Crippen molar-refractivity contribution in [2.24, 2.45) is 0 Å². The average molecular weight is 331 g/mol. The number of hydrogen-bond donors (Lipinski definition) is 1. The number of aryl methyl sites for hydroxylation is 1. The lowest BCUT2D eigenvalue weighted by Gasteiger charge is -2.08. The highest BCUT2D eigenvalue weighted by molar-refractivity contribution is 8.22. The van der Waals surface area contributed by atoms with Gasteiger partial charge in [-0.25, -0.2) is 0 Å². The number of anilines is 1. The quantitative estimate of drug-likeness (QED) is 0.505. The van der Waals surface area contributed by atoms with Crippen molar-refractivity contribution in [3.05, 3.63) is 59.7 Å². The van der Waals surface area contributed by atoms with Crippen LogP contribution in [-0.2, 0) is 10.5 Å². The molecular formula is C17H17NO2S2. The molecule has 0 heterocycles. The molecule has 0 saturated heterocycles. The molecule has 22 heavy (non-hydrogen) atoms. The Morgan fingerprint density at radius 2 is 1.77 bits per heavy atom. The van der Waals surface area contributed by atoms with Crippen LogP contribution >= 0.6 is 24.0 Å². The molecule has 0 radical (unpaired) electrons. The van der Waals surface area contributed by atoms with E-state index < -0.39 is 0 Å². The van der Waals surface area contributed by atoms with E-state index in [-0.39, 0.29) is 5.97 Å². The molecule has 3 nitrogen and oxygen atoms in total. The maximum absolute atomic E-state index is 10.9. The molecule has 5 heteroatoms. The van der Waals surface area contributed by atoms with E-state index in [1.165, 1.54) is 12.5 Å². The summed E-state index contributed by atoms with van der Waals surface area (Å²) in [6.07, 6.45) is 0. The summed E-state index contributed by atoms with van der Waals surface area (Å²) >= 11 is 6.89. The molecular weight excluding hydrogens is 314 g/mol. The van der Waals surface area contributed by atoms with Gasteiger partial charge in [0.1, 0.15) is 10.1 Å². The number of esters is 1. The molecule has 0 aliphatic rings. The van der Waals surface area contributed by atoms with Gasteiger partial charge in [0.15, 0.2) is 0 Å². The minimum Gasteiger partial charge on any atom is -0.427 e. The van der Waals surface area contributed by atoms with Crippen LogP contribution in [0.3, 0.4) is 0 Å². The van der Waals surface area contributed by atoms with Crippen molar-refractivity contribution in [2.45, 2.75) is 19.6 Å². The number of thioether (sulfide) groups is 1. The van der Waals surface area contributed by atoms with E-state index in [4.69, 9.17) is 17.0 Å². The van der Waals surface area contributed by atoms with Gasteiger partial charge in [-0.3, -0.25) is 4.79 Å². The van der Waals surface area contributed by atoms with Crippen molar-refractivity contribution in [1.82, 2.24) is 0 Å². The standard InChI is InChI=1S/C17H17NO2S2/c1-12-3-7-15(8-4-12)18-17(21)22-11-14-5-9-16(10-6-14)20-13(2)19/h3-10H,11H2,1-2H3,(H,18,21). The molecule has 0 saturated carbocycles. The van der Waals surface area contributed by atoms with Crippen LogP contribution in [0.1, 0.15) is 18.1 Å². The van der Waals surface area contributed by atoms with Gasteiger partial charge >= 0.3 is 5.97 Å². The van der Waals surface area contributed by atoms with Crippen molar-refractivity contribution >= 4 is 40.0 Å². The highest BCUT2D eigenvalue weighted by Crippen LogP contribution is 2.19. The van der Waals surface area contributed by atoms with Crippen LogP contribution in [0.5, 0.6) is 5.75 Å². The monoisotopic (exact) mass is 331 g/mol. The number of nitrogens with one attached hydrogen (secondary N) is 1.